The van der Waals surface area contributed by atoms with Crippen molar-refractivity contribution in [3.63, 3.8) is 0 Å². The van der Waals surface area contributed by atoms with Gasteiger partial charge in [0.2, 0.25) is 0 Å². The molecule has 0 aromatic carbocycles. The smallest absolute Gasteiger partial charge is 0.786 e. The zero-order chi connectivity index (χ0) is 12.1. The van der Waals surface area contributed by atoms with Crippen molar-refractivity contribution in [1.82, 2.24) is 0 Å². The number of unbranched alkanes of at least 4 members (excludes halogenated alkanes) is 6. The fraction of sp³-hybridized carbons (Fsp3) is 1.00. The minimum atomic E-state index is -1.87. The molecular formula is C12H26NaO3P. The molecule has 17 heavy (non-hydrogen) atoms. The molecule has 0 heterocycles. The third kappa shape index (κ3) is 17.3. The minimum Gasteiger partial charge on any atom is -0.786 e. The van der Waals surface area contributed by atoms with E-state index in [1.54, 1.807) is 0 Å². The molecule has 0 aliphatic heterocycles. The number of hydrogen-bond donors (Lipinski definition) is 0. The van der Waals surface area contributed by atoms with Crippen molar-refractivity contribution in [1.29, 1.82) is 0 Å². The van der Waals surface area contributed by atoms with E-state index >= 15 is 0 Å². The molecule has 0 rings (SSSR count). The van der Waals surface area contributed by atoms with Crippen LogP contribution in [0.2, 0.25) is 0 Å². The van der Waals surface area contributed by atoms with Gasteiger partial charge in [0.05, 0.1) is 21.8 Å². The fourth-order valence-corrected chi connectivity index (χ4v) is 2.00. The summed E-state index contributed by atoms with van der Waals surface area (Å²) >= 11 is 0. The third-order valence-corrected chi connectivity index (χ3v) is 3.18. The standard InChI is InChI=1S/C12H26O3P.Na/c1-3-5-7-9-11-14-16(13)15-12-10-8-6-4-2;/h3-12H2,1-2H3;/q-1;+1. The molecule has 0 radical (unpaired) electrons. The second kappa shape index (κ2) is 17.3. The van der Waals surface area contributed by atoms with E-state index < -0.39 is 8.60 Å². The van der Waals surface area contributed by atoms with Crippen LogP contribution in [-0.4, -0.2) is 13.2 Å². The van der Waals surface area contributed by atoms with Gasteiger partial charge in [0.15, 0.2) is 0 Å². The second-order valence-electron chi connectivity index (χ2n) is 4.01. The van der Waals surface area contributed by atoms with Gasteiger partial charge >= 0.3 is 29.6 Å². The van der Waals surface area contributed by atoms with Crippen LogP contribution in [0.1, 0.15) is 65.2 Å². The summed E-state index contributed by atoms with van der Waals surface area (Å²) in [5, 5.41) is 0. The molecule has 0 bridgehead atoms. The van der Waals surface area contributed by atoms with Gasteiger partial charge in [-0.2, -0.15) is 0 Å². The van der Waals surface area contributed by atoms with Gasteiger partial charge in [0.25, 0.3) is 0 Å². The summed E-state index contributed by atoms with van der Waals surface area (Å²) in [6.07, 6.45) is 9.12. The van der Waals surface area contributed by atoms with Gasteiger partial charge in [-0.25, -0.2) is 0 Å². The molecule has 5 heteroatoms. The van der Waals surface area contributed by atoms with E-state index in [0.717, 1.165) is 25.7 Å². The molecule has 0 amide bonds. The molecule has 0 N–H and O–H groups in total. The summed E-state index contributed by atoms with van der Waals surface area (Å²) in [6.45, 7) is 5.45. The number of hydrogen-bond acceptors (Lipinski definition) is 3. The molecule has 0 atom stereocenters. The van der Waals surface area contributed by atoms with Gasteiger partial charge in [0, 0.05) is 0 Å². The first-order valence-corrected chi connectivity index (χ1v) is 7.63. The maximum absolute atomic E-state index is 11.2. The Bertz CT molecular complexity index is 125. The average Bonchev–Trinajstić information content (AvgIpc) is 2.28. The van der Waals surface area contributed by atoms with Crippen molar-refractivity contribution in [2.24, 2.45) is 0 Å². The van der Waals surface area contributed by atoms with Gasteiger partial charge in [-0.1, -0.05) is 52.4 Å². The first kappa shape index (κ1) is 20.6. The SMILES string of the molecule is CCCCCCOP([O-])OCCCCCC.[Na+]. The molecule has 0 fully saturated rings. The first-order valence-electron chi connectivity index (χ1n) is 6.54. The van der Waals surface area contributed by atoms with Gasteiger partial charge in [-0.05, 0) is 12.8 Å². The van der Waals surface area contributed by atoms with Crippen molar-refractivity contribution in [2.75, 3.05) is 13.2 Å². The maximum Gasteiger partial charge on any atom is 1.00 e. The Balaban J connectivity index is 0. The van der Waals surface area contributed by atoms with Crippen molar-refractivity contribution in [3.05, 3.63) is 0 Å². The van der Waals surface area contributed by atoms with Crippen molar-refractivity contribution in [2.45, 2.75) is 65.2 Å². The Labute approximate surface area is 130 Å². The van der Waals surface area contributed by atoms with Crippen molar-refractivity contribution >= 4 is 8.60 Å². The molecule has 0 spiro atoms. The van der Waals surface area contributed by atoms with Crippen LogP contribution in [0.25, 0.3) is 0 Å². The molecule has 0 saturated carbocycles. The number of rotatable bonds is 12. The molecule has 0 saturated heterocycles. The zero-order valence-corrected chi connectivity index (χ0v) is 14.6. The van der Waals surface area contributed by atoms with Crippen LogP contribution in [-0.2, 0) is 9.05 Å². The fourth-order valence-electron chi connectivity index (χ4n) is 1.37. The van der Waals surface area contributed by atoms with E-state index in [-0.39, 0.29) is 29.6 Å². The topological polar surface area (TPSA) is 41.5 Å². The largest absolute Gasteiger partial charge is 1.00 e. The Morgan fingerprint density at radius 2 is 1.18 bits per heavy atom. The van der Waals surface area contributed by atoms with Crippen LogP contribution in [0.4, 0.5) is 0 Å². The summed E-state index contributed by atoms with van der Waals surface area (Å²) in [5.74, 6) is 0. The monoisotopic (exact) mass is 272 g/mol. The molecule has 0 aliphatic rings. The molecule has 98 valence electrons. The molecular weight excluding hydrogens is 246 g/mol. The predicted molar refractivity (Wildman–Crippen MR) is 67.1 cm³/mol. The zero-order valence-electron chi connectivity index (χ0n) is 11.7. The molecule has 0 aromatic heterocycles. The third-order valence-electron chi connectivity index (χ3n) is 2.39. The maximum atomic E-state index is 11.2. The van der Waals surface area contributed by atoms with E-state index in [1.165, 1.54) is 25.7 Å². The normalized spacial score (nSPS) is 10.6. The summed E-state index contributed by atoms with van der Waals surface area (Å²) in [6, 6.07) is 0. The summed E-state index contributed by atoms with van der Waals surface area (Å²) in [5.41, 5.74) is 0. The second-order valence-corrected chi connectivity index (χ2v) is 4.97. The van der Waals surface area contributed by atoms with Gasteiger partial charge in [-0.3, -0.25) is 0 Å². The van der Waals surface area contributed by atoms with Crippen molar-refractivity contribution in [3.8, 4) is 0 Å². The average molecular weight is 272 g/mol. The van der Waals surface area contributed by atoms with Crippen LogP contribution >= 0.6 is 8.60 Å². The van der Waals surface area contributed by atoms with Gasteiger partial charge < -0.3 is 13.9 Å². The van der Waals surface area contributed by atoms with E-state index in [2.05, 4.69) is 13.8 Å². The van der Waals surface area contributed by atoms with Crippen LogP contribution < -0.4 is 34.5 Å². The molecule has 0 unspecified atom stereocenters. The van der Waals surface area contributed by atoms with E-state index in [4.69, 9.17) is 9.05 Å². The summed E-state index contributed by atoms with van der Waals surface area (Å²) in [4.78, 5) is 11.2. The predicted octanol–water partition coefficient (Wildman–Crippen LogP) is 0.771. The minimum absolute atomic E-state index is 0. The van der Waals surface area contributed by atoms with Crippen molar-refractivity contribution < 1.29 is 43.5 Å². The summed E-state index contributed by atoms with van der Waals surface area (Å²) in [7, 11) is -1.87. The quantitative estimate of drug-likeness (QED) is 0.299. The van der Waals surface area contributed by atoms with Crippen LogP contribution in [0.5, 0.6) is 0 Å². The van der Waals surface area contributed by atoms with E-state index in [1.807, 2.05) is 0 Å². The Hall–Kier alpha value is 1.31. The van der Waals surface area contributed by atoms with E-state index in [0.29, 0.717) is 13.2 Å². The van der Waals surface area contributed by atoms with Crippen LogP contribution in [0.3, 0.4) is 0 Å². The van der Waals surface area contributed by atoms with Gasteiger partial charge in [0.1, 0.15) is 0 Å². The Morgan fingerprint density at radius 1 is 0.765 bits per heavy atom. The van der Waals surface area contributed by atoms with Crippen LogP contribution in [0.15, 0.2) is 0 Å². The molecule has 3 nitrogen and oxygen atoms in total. The molecule has 0 aliphatic carbocycles. The first-order chi connectivity index (χ1) is 7.81. The van der Waals surface area contributed by atoms with Crippen LogP contribution in [0, 0.1) is 0 Å². The van der Waals surface area contributed by atoms with E-state index in [9.17, 15) is 4.89 Å². The van der Waals surface area contributed by atoms with Gasteiger partial charge in [-0.15, -0.1) is 0 Å². The Morgan fingerprint density at radius 3 is 1.53 bits per heavy atom. The molecule has 0 aromatic rings. The summed E-state index contributed by atoms with van der Waals surface area (Å²) < 4.78 is 10.2. The Kier molecular flexibility index (Phi) is 21.0.